The summed E-state index contributed by atoms with van der Waals surface area (Å²) in [4.78, 5) is 12.6. The van der Waals surface area contributed by atoms with Crippen molar-refractivity contribution in [2.75, 3.05) is 26.5 Å². The average molecular weight is 269 g/mol. The minimum atomic E-state index is -0.239. The van der Waals surface area contributed by atoms with E-state index in [9.17, 15) is 4.79 Å². The molecule has 1 N–H and O–H groups in total. The summed E-state index contributed by atoms with van der Waals surface area (Å²) in [5, 5.41) is 2.99. The Morgan fingerprint density at radius 2 is 1.40 bits per heavy atom. The van der Waals surface area contributed by atoms with Gasteiger partial charge in [0, 0.05) is 11.3 Å². The first kappa shape index (κ1) is 14.3. The minimum Gasteiger partial charge on any atom is -0.321 e. The molecule has 3 heteroatoms. The highest BCUT2D eigenvalue weighted by Gasteiger charge is 2.33. The normalized spacial score (nSPS) is 12.8. The fourth-order valence-corrected chi connectivity index (χ4v) is 2.32. The van der Waals surface area contributed by atoms with E-state index < -0.39 is 0 Å². The molecule has 0 aliphatic rings. The Morgan fingerprint density at radius 1 is 0.900 bits per heavy atom. The molecule has 2 rings (SSSR count). The smallest absolute Gasteiger partial charge is 0.287 e. The molecule has 1 atom stereocenters. The maximum Gasteiger partial charge on any atom is 0.287 e. The molecule has 2 aromatic carbocycles. The summed E-state index contributed by atoms with van der Waals surface area (Å²) in [6.45, 7) is 0. The molecule has 1 amide bonds. The molecule has 0 aliphatic heterocycles. The molecule has 0 spiro atoms. The lowest BCUT2D eigenvalue weighted by Gasteiger charge is -2.33. The van der Waals surface area contributed by atoms with Crippen LogP contribution in [0, 0.1) is 0 Å². The third-order valence-corrected chi connectivity index (χ3v) is 3.18. The van der Waals surface area contributed by atoms with E-state index in [1.807, 2.05) is 81.8 Å². The lowest BCUT2D eigenvalue weighted by atomic mass is 10.0. The van der Waals surface area contributed by atoms with Crippen molar-refractivity contribution < 1.29 is 9.28 Å². The first-order valence-corrected chi connectivity index (χ1v) is 6.70. The quantitative estimate of drug-likeness (QED) is 0.849. The molecular weight excluding hydrogens is 248 g/mol. The van der Waals surface area contributed by atoms with Crippen LogP contribution in [0.4, 0.5) is 5.69 Å². The zero-order valence-electron chi connectivity index (χ0n) is 12.2. The summed E-state index contributed by atoms with van der Waals surface area (Å²) in [6, 6.07) is 19.2. The van der Waals surface area contributed by atoms with Crippen molar-refractivity contribution in [1.82, 2.24) is 0 Å². The van der Waals surface area contributed by atoms with E-state index in [-0.39, 0.29) is 11.9 Å². The summed E-state index contributed by atoms with van der Waals surface area (Å²) in [5.41, 5.74) is 1.85. The van der Waals surface area contributed by atoms with E-state index in [2.05, 4.69) is 5.32 Å². The monoisotopic (exact) mass is 269 g/mol. The van der Waals surface area contributed by atoms with Crippen LogP contribution in [0.15, 0.2) is 60.7 Å². The molecule has 0 aromatic heterocycles. The van der Waals surface area contributed by atoms with Crippen LogP contribution in [0.3, 0.4) is 0 Å². The van der Waals surface area contributed by atoms with Gasteiger partial charge in [-0.2, -0.15) is 0 Å². The Labute approximate surface area is 120 Å². The number of hydrogen-bond donors (Lipinski definition) is 1. The summed E-state index contributed by atoms with van der Waals surface area (Å²) in [5.74, 6) is 0.00917. The number of carbonyl (C=O) groups excluding carboxylic acids is 1. The second kappa shape index (κ2) is 5.88. The van der Waals surface area contributed by atoms with Gasteiger partial charge in [0.1, 0.15) is 0 Å². The maximum atomic E-state index is 12.6. The number of nitrogens with zero attached hydrogens (tertiary/aromatic N) is 1. The van der Waals surface area contributed by atoms with E-state index in [0.717, 1.165) is 11.3 Å². The molecule has 0 fully saturated rings. The number of likely N-dealkylation sites (N-methyl/N-ethyl adjacent to an activating group) is 1. The molecule has 104 valence electrons. The van der Waals surface area contributed by atoms with Crippen molar-refractivity contribution in [2.45, 2.75) is 6.04 Å². The fourth-order valence-electron chi connectivity index (χ4n) is 2.32. The van der Waals surface area contributed by atoms with Crippen LogP contribution >= 0.6 is 0 Å². The number of carbonyl (C=O) groups is 1. The topological polar surface area (TPSA) is 29.1 Å². The van der Waals surface area contributed by atoms with Crippen LogP contribution in [-0.4, -0.2) is 31.5 Å². The van der Waals surface area contributed by atoms with Gasteiger partial charge in [0.25, 0.3) is 5.91 Å². The van der Waals surface area contributed by atoms with Crippen molar-refractivity contribution in [3.8, 4) is 0 Å². The van der Waals surface area contributed by atoms with Gasteiger partial charge < -0.3 is 9.80 Å². The number of hydrogen-bond acceptors (Lipinski definition) is 1. The van der Waals surface area contributed by atoms with Crippen LogP contribution in [0.25, 0.3) is 0 Å². The van der Waals surface area contributed by atoms with E-state index >= 15 is 0 Å². The molecular formula is C17H21N2O+. The van der Waals surface area contributed by atoms with Crippen LogP contribution in [0.1, 0.15) is 11.6 Å². The lowest BCUT2D eigenvalue weighted by molar-refractivity contribution is -0.892. The lowest BCUT2D eigenvalue weighted by Crippen LogP contribution is -2.45. The first-order valence-electron chi connectivity index (χ1n) is 6.70. The van der Waals surface area contributed by atoms with Crippen molar-refractivity contribution in [1.29, 1.82) is 0 Å². The second-order valence-electron chi connectivity index (χ2n) is 5.78. The van der Waals surface area contributed by atoms with E-state index in [0.29, 0.717) is 4.48 Å². The SMILES string of the molecule is C[N+](C)(C)C(C(=O)Nc1ccccc1)c1ccccc1. The molecule has 0 saturated heterocycles. The first-order chi connectivity index (χ1) is 9.48. The van der Waals surface area contributed by atoms with Crippen LogP contribution < -0.4 is 5.32 Å². The molecule has 0 bridgehead atoms. The highest BCUT2D eigenvalue weighted by Crippen LogP contribution is 2.24. The summed E-state index contributed by atoms with van der Waals surface area (Å²) < 4.78 is 0.544. The summed E-state index contributed by atoms with van der Waals surface area (Å²) in [6.07, 6.45) is 0. The zero-order valence-corrected chi connectivity index (χ0v) is 12.2. The van der Waals surface area contributed by atoms with Gasteiger partial charge in [0.05, 0.1) is 21.1 Å². The molecule has 0 saturated carbocycles. The van der Waals surface area contributed by atoms with E-state index in [1.165, 1.54) is 0 Å². The standard InChI is InChI=1S/C17H20N2O/c1-19(2,3)16(14-10-6-4-7-11-14)17(20)18-15-12-8-5-9-13-15/h4-13,16H,1-3H3/p+1. The zero-order chi connectivity index (χ0) is 14.6. The average Bonchev–Trinajstić information content (AvgIpc) is 2.39. The Hall–Kier alpha value is -2.13. The van der Waals surface area contributed by atoms with Gasteiger partial charge in [-0.1, -0.05) is 48.5 Å². The molecule has 0 aliphatic carbocycles. The van der Waals surface area contributed by atoms with Gasteiger partial charge in [-0.15, -0.1) is 0 Å². The van der Waals surface area contributed by atoms with Crippen molar-refractivity contribution in [3.05, 3.63) is 66.2 Å². The predicted octanol–water partition coefficient (Wildman–Crippen LogP) is 3.07. The summed E-state index contributed by atoms with van der Waals surface area (Å²) in [7, 11) is 6.09. The van der Waals surface area contributed by atoms with Gasteiger partial charge in [-0.3, -0.25) is 4.79 Å². The molecule has 2 aromatic rings. The van der Waals surface area contributed by atoms with Gasteiger partial charge in [0.2, 0.25) is 0 Å². The minimum absolute atomic E-state index is 0.00917. The molecule has 0 radical (unpaired) electrons. The number of amides is 1. The number of nitrogens with one attached hydrogen (secondary N) is 1. The van der Waals surface area contributed by atoms with E-state index in [1.54, 1.807) is 0 Å². The predicted molar refractivity (Wildman–Crippen MR) is 82.3 cm³/mol. The number of anilines is 1. The fraction of sp³-hybridized carbons (Fsp3) is 0.235. The molecule has 1 unspecified atom stereocenters. The molecule has 3 nitrogen and oxygen atoms in total. The highest BCUT2D eigenvalue weighted by atomic mass is 16.2. The molecule has 0 heterocycles. The van der Waals surface area contributed by atoms with Gasteiger partial charge >= 0.3 is 0 Å². The second-order valence-corrected chi connectivity index (χ2v) is 5.78. The Morgan fingerprint density at radius 3 is 1.90 bits per heavy atom. The Kier molecular flexibility index (Phi) is 4.20. The third-order valence-electron chi connectivity index (χ3n) is 3.18. The van der Waals surface area contributed by atoms with Gasteiger partial charge in [-0.05, 0) is 12.1 Å². The summed E-state index contributed by atoms with van der Waals surface area (Å²) >= 11 is 0. The Balaban J connectivity index is 2.26. The van der Waals surface area contributed by atoms with Gasteiger partial charge in [-0.25, -0.2) is 0 Å². The van der Waals surface area contributed by atoms with Crippen molar-refractivity contribution in [3.63, 3.8) is 0 Å². The van der Waals surface area contributed by atoms with Gasteiger partial charge in [0.15, 0.2) is 6.04 Å². The number of quaternary nitrogens is 1. The third kappa shape index (κ3) is 3.45. The van der Waals surface area contributed by atoms with Crippen molar-refractivity contribution >= 4 is 11.6 Å². The number of para-hydroxylation sites is 1. The van der Waals surface area contributed by atoms with Crippen LogP contribution in [-0.2, 0) is 4.79 Å². The highest BCUT2D eigenvalue weighted by molar-refractivity contribution is 5.94. The maximum absolute atomic E-state index is 12.6. The van der Waals surface area contributed by atoms with E-state index in [4.69, 9.17) is 0 Å². The molecule has 20 heavy (non-hydrogen) atoms. The number of rotatable bonds is 4. The van der Waals surface area contributed by atoms with Crippen molar-refractivity contribution in [2.24, 2.45) is 0 Å². The van der Waals surface area contributed by atoms with Crippen LogP contribution in [0.2, 0.25) is 0 Å². The largest absolute Gasteiger partial charge is 0.321 e. The Bertz CT molecular complexity index is 559. The van der Waals surface area contributed by atoms with Crippen LogP contribution in [0.5, 0.6) is 0 Å². The number of benzene rings is 2.